The van der Waals surface area contributed by atoms with Crippen molar-refractivity contribution < 1.29 is 9.13 Å². The number of unbranched alkanes of at least 4 members (excludes halogenated alkanes) is 5. The lowest BCUT2D eigenvalue weighted by atomic mass is 10.1. The fraction of sp³-hybridized carbons (Fsp3) is 0.647. The lowest BCUT2D eigenvalue weighted by Crippen LogP contribution is -2.14. The van der Waals surface area contributed by atoms with E-state index in [0.717, 1.165) is 12.0 Å². The van der Waals surface area contributed by atoms with Crippen molar-refractivity contribution >= 4 is 0 Å². The molecule has 20 heavy (non-hydrogen) atoms. The lowest BCUT2D eigenvalue weighted by molar-refractivity contribution is 0.297. The molecule has 1 atom stereocenters. The summed E-state index contributed by atoms with van der Waals surface area (Å²) >= 11 is 0. The highest BCUT2D eigenvalue weighted by Gasteiger charge is 2.11. The molecule has 1 aromatic rings. The van der Waals surface area contributed by atoms with Crippen LogP contribution in [0.5, 0.6) is 5.75 Å². The molecule has 0 fully saturated rings. The van der Waals surface area contributed by atoms with E-state index in [4.69, 9.17) is 4.74 Å². The van der Waals surface area contributed by atoms with Crippen LogP contribution < -0.4 is 10.1 Å². The van der Waals surface area contributed by atoms with Crippen molar-refractivity contribution in [1.29, 1.82) is 0 Å². The Bertz CT molecular complexity index is 381. The number of ether oxygens (including phenoxy) is 1. The minimum Gasteiger partial charge on any atom is -0.493 e. The summed E-state index contributed by atoms with van der Waals surface area (Å²) in [5, 5.41) is 3.16. The third kappa shape index (κ3) is 5.91. The fourth-order valence-electron chi connectivity index (χ4n) is 2.21. The smallest absolute Gasteiger partial charge is 0.126 e. The minimum absolute atomic E-state index is 0.162. The van der Waals surface area contributed by atoms with Gasteiger partial charge in [0.1, 0.15) is 11.6 Å². The van der Waals surface area contributed by atoms with Crippen LogP contribution in [0.1, 0.15) is 64.0 Å². The number of rotatable bonds is 10. The second-order valence-electron chi connectivity index (χ2n) is 5.31. The molecule has 1 N–H and O–H groups in total. The van der Waals surface area contributed by atoms with Crippen LogP contribution in [0, 0.1) is 5.82 Å². The van der Waals surface area contributed by atoms with Crippen molar-refractivity contribution in [2.24, 2.45) is 0 Å². The summed E-state index contributed by atoms with van der Waals surface area (Å²) in [6, 6.07) is 4.93. The van der Waals surface area contributed by atoms with E-state index in [-0.39, 0.29) is 11.9 Å². The number of benzene rings is 1. The van der Waals surface area contributed by atoms with Gasteiger partial charge >= 0.3 is 0 Å². The highest BCUT2D eigenvalue weighted by atomic mass is 19.1. The van der Waals surface area contributed by atoms with Crippen molar-refractivity contribution in [2.75, 3.05) is 13.7 Å². The third-order valence-electron chi connectivity index (χ3n) is 3.63. The molecule has 0 aliphatic carbocycles. The van der Waals surface area contributed by atoms with Gasteiger partial charge in [-0.15, -0.1) is 0 Å². The maximum atomic E-state index is 13.3. The Morgan fingerprint density at radius 2 is 1.85 bits per heavy atom. The molecule has 0 bridgehead atoms. The van der Waals surface area contributed by atoms with Crippen molar-refractivity contribution in [3.05, 3.63) is 29.6 Å². The summed E-state index contributed by atoms with van der Waals surface area (Å²) in [6.07, 6.45) is 7.37. The van der Waals surface area contributed by atoms with Gasteiger partial charge < -0.3 is 10.1 Å². The monoisotopic (exact) mass is 281 g/mol. The first-order valence-corrected chi connectivity index (χ1v) is 7.78. The Morgan fingerprint density at radius 3 is 2.55 bits per heavy atom. The largest absolute Gasteiger partial charge is 0.493 e. The SMILES string of the molecule is CCCCCCCCOc1cc(F)ccc1C(C)NC. The average molecular weight is 281 g/mol. The number of nitrogens with one attached hydrogen (secondary N) is 1. The van der Waals surface area contributed by atoms with Crippen molar-refractivity contribution in [1.82, 2.24) is 5.32 Å². The van der Waals surface area contributed by atoms with Gasteiger partial charge in [0.15, 0.2) is 0 Å². The van der Waals surface area contributed by atoms with Gasteiger partial charge in [0.25, 0.3) is 0 Å². The molecule has 0 saturated carbocycles. The van der Waals surface area contributed by atoms with Gasteiger partial charge in [-0.05, 0) is 26.5 Å². The summed E-state index contributed by atoms with van der Waals surface area (Å²) in [4.78, 5) is 0. The molecule has 114 valence electrons. The van der Waals surface area contributed by atoms with Crippen LogP contribution in [-0.4, -0.2) is 13.7 Å². The summed E-state index contributed by atoms with van der Waals surface area (Å²) in [7, 11) is 1.89. The van der Waals surface area contributed by atoms with E-state index in [0.29, 0.717) is 12.4 Å². The molecule has 0 saturated heterocycles. The molecule has 0 aliphatic rings. The molecule has 0 radical (unpaired) electrons. The maximum absolute atomic E-state index is 13.3. The second-order valence-corrected chi connectivity index (χ2v) is 5.31. The summed E-state index contributed by atoms with van der Waals surface area (Å²) < 4.78 is 19.1. The molecular weight excluding hydrogens is 253 g/mol. The maximum Gasteiger partial charge on any atom is 0.126 e. The lowest BCUT2D eigenvalue weighted by Gasteiger charge is -2.16. The predicted octanol–water partition coefficient (Wildman–Crippen LogP) is 4.85. The number of hydrogen-bond acceptors (Lipinski definition) is 2. The minimum atomic E-state index is -0.241. The normalized spacial score (nSPS) is 12.4. The Hall–Kier alpha value is -1.09. The number of halogens is 1. The first-order valence-electron chi connectivity index (χ1n) is 7.78. The van der Waals surface area contributed by atoms with Gasteiger partial charge in [0.05, 0.1) is 6.61 Å². The third-order valence-corrected chi connectivity index (χ3v) is 3.63. The fourth-order valence-corrected chi connectivity index (χ4v) is 2.21. The highest BCUT2D eigenvalue weighted by Crippen LogP contribution is 2.26. The molecule has 0 spiro atoms. The van der Waals surface area contributed by atoms with Crippen LogP contribution >= 0.6 is 0 Å². The second kappa shape index (κ2) is 9.76. The van der Waals surface area contributed by atoms with E-state index in [1.54, 1.807) is 6.07 Å². The Labute approximate surface area is 122 Å². The van der Waals surface area contributed by atoms with Crippen LogP contribution in [0.2, 0.25) is 0 Å². The van der Waals surface area contributed by atoms with E-state index < -0.39 is 0 Å². The van der Waals surface area contributed by atoms with Gasteiger partial charge in [0.2, 0.25) is 0 Å². The molecule has 1 unspecified atom stereocenters. The van der Waals surface area contributed by atoms with Crippen LogP contribution in [0.25, 0.3) is 0 Å². The van der Waals surface area contributed by atoms with Crippen molar-refractivity contribution in [2.45, 2.75) is 58.4 Å². The Morgan fingerprint density at radius 1 is 1.15 bits per heavy atom. The summed E-state index contributed by atoms with van der Waals surface area (Å²) in [5.74, 6) is 0.426. The van der Waals surface area contributed by atoms with E-state index in [2.05, 4.69) is 12.2 Å². The van der Waals surface area contributed by atoms with Gasteiger partial charge in [-0.3, -0.25) is 0 Å². The molecule has 0 amide bonds. The molecule has 1 rings (SSSR count). The zero-order valence-electron chi connectivity index (χ0n) is 13.0. The summed E-state index contributed by atoms with van der Waals surface area (Å²) in [6.45, 7) is 4.93. The predicted molar refractivity (Wildman–Crippen MR) is 82.7 cm³/mol. The van der Waals surface area contributed by atoms with Gasteiger partial charge in [0, 0.05) is 17.7 Å². The number of hydrogen-bond donors (Lipinski definition) is 1. The van der Waals surface area contributed by atoms with Gasteiger partial charge in [-0.1, -0.05) is 45.1 Å². The van der Waals surface area contributed by atoms with E-state index in [9.17, 15) is 4.39 Å². The summed E-state index contributed by atoms with van der Waals surface area (Å²) in [5.41, 5.74) is 1.01. The average Bonchev–Trinajstić information content (AvgIpc) is 2.45. The first kappa shape index (κ1) is 17.0. The zero-order valence-corrected chi connectivity index (χ0v) is 13.0. The van der Waals surface area contributed by atoms with Gasteiger partial charge in [-0.2, -0.15) is 0 Å². The topological polar surface area (TPSA) is 21.3 Å². The standard InChI is InChI=1S/C17H28FNO/c1-4-5-6-7-8-9-12-20-17-13-15(18)10-11-16(17)14(2)19-3/h10-11,13-14,19H,4-9,12H2,1-3H3. The highest BCUT2D eigenvalue weighted by molar-refractivity contribution is 5.36. The van der Waals surface area contributed by atoms with Crippen LogP contribution in [0.4, 0.5) is 4.39 Å². The van der Waals surface area contributed by atoms with Crippen molar-refractivity contribution in [3.8, 4) is 5.75 Å². The molecule has 0 aromatic heterocycles. The first-order chi connectivity index (χ1) is 9.69. The zero-order chi connectivity index (χ0) is 14.8. The van der Waals surface area contributed by atoms with E-state index in [1.165, 1.54) is 44.2 Å². The Kier molecular flexibility index (Phi) is 8.28. The van der Waals surface area contributed by atoms with E-state index >= 15 is 0 Å². The molecule has 3 heteroatoms. The van der Waals surface area contributed by atoms with Crippen LogP contribution in [-0.2, 0) is 0 Å². The Balaban J connectivity index is 2.40. The van der Waals surface area contributed by atoms with Crippen LogP contribution in [0.15, 0.2) is 18.2 Å². The molecule has 1 aromatic carbocycles. The molecular formula is C17H28FNO. The van der Waals surface area contributed by atoms with Crippen molar-refractivity contribution in [3.63, 3.8) is 0 Å². The van der Waals surface area contributed by atoms with E-state index in [1.807, 2.05) is 14.0 Å². The van der Waals surface area contributed by atoms with Gasteiger partial charge in [-0.25, -0.2) is 4.39 Å². The molecule has 2 nitrogen and oxygen atoms in total. The molecule has 0 aliphatic heterocycles. The molecule has 0 heterocycles. The quantitative estimate of drug-likeness (QED) is 0.619. The van der Waals surface area contributed by atoms with Crippen LogP contribution in [0.3, 0.4) is 0 Å².